The van der Waals surface area contributed by atoms with Gasteiger partial charge in [0.05, 0.1) is 12.2 Å². The Morgan fingerprint density at radius 2 is 1.68 bits per heavy atom. The normalized spacial score (nSPS) is 21.4. The highest BCUT2D eigenvalue weighted by molar-refractivity contribution is 5.95. The molecule has 0 saturated carbocycles. The van der Waals surface area contributed by atoms with Crippen LogP contribution in [-0.4, -0.2) is 85.4 Å². The van der Waals surface area contributed by atoms with Crippen LogP contribution in [0.5, 0.6) is 0 Å². The van der Waals surface area contributed by atoms with Crippen LogP contribution < -0.4 is 4.90 Å². The maximum absolute atomic E-state index is 14.3. The Hall–Kier alpha value is -2.15. The molecule has 3 fully saturated rings. The van der Waals surface area contributed by atoms with Crippen molar-refractivity contribution in [2.45, 2.75) is 38.8 Å². The van der Waals surface area contributed by atoms with E-state index in [0.717, 1.165) is 25.9 Å². The molecule has 2 amide bonds. The van der Waals surface area contributed by atoms with Crippen LogP contribution in [0.25, 0.3) is 0 Å². The zero-order valence-electron chi connectivity index (χ0n) is 17.3. The van der Waals surface area contributed by atoms with Crippen LogP contribution in [0.1, 0.15) is 37.0 Å². The van der Waals surface area contributed by atoms with Crippen molar-refractivity contribution in [2.24, 2.45) is 0 Å². The Balaban J connectivity index is 1.69. The molecule has 3 aliphatic rings. The lowest BCUT2D eigenvalue weighted by atomic mass is 9.90. The highest BCUT2D eigenvalue weighted by Crippen LogP contribution is 2.31. The summed E-state index contributed by atoms with van der Waals surface area (Å²) >= 11 is 0. The number of hydrogen-bond donors (Lipinski definition) is 0. The summed E-state index contributed by atoms with van der Waals surface area (Å²) in [6.45, 7) is 7.35. The van der Waals surface area contributed by atoms with E-state index in [4.69, 9.17) is 0 Å². The first-order valence-electron chi connectivity index (χ1n) is 10.1. The quantitative estimate of drug-likeness (QED) is 0.746. The molecule has 0 aromatic heterocycles. The topological polar surface area (TPSA) is 47.1 Å². The average molecular weight is 391 g/mol. The first-order valence-corrected chi connectivity index (χ1v) is 10.1. The smallest absolute Gasteiger partial charge is 0.254 e. The second-order valence-electron chi connectivity index (χ2n) is 7.91. The molecule has 2 atom stereocenters. The van der Waals surface area contributed by atoms with Gasteiger partial charge in [-0.25, -0.2) is 4.39 Å². The second-order valence-corrected chi connectivity index (χ2v) is 7.91. The number of piperidine rings is 2. The van der Waals surface area contributed by atoms with E-state index in [1.54, 1.807) is 31.1 Å². The third-order valence-corrected chi connectivity index (χ3v) is 6.04. The molecule has 2 bridgehead atoms. The summed E-state index contributed by atoms with van der Waals surface area (Å²) in [5.41, 5.74) is 0.835. The van der Waals surface area contributed by atoms with Gasteiger partial charge in [-0.3, -0.25) is 14.5 Å². The Kier molecular flexibility index (Phi) is 6.23. The second kappa shape index (κ2) is 8.47. The minimum Gasteiger partial charge on any atom is -0.375 e. The molecule has 1 aromatic carbocycles. The molecule has 0 N–H and O–H groups in total. The summed E-state index contributed by atoms with van der Waals surface area (Å²) < 4.78 is 14.3. The molecule has 4 rings (SSSR count). The van der Waals surface area contributed by atoms with Gasteiger partial charge in [-0.1, -0.05) is 13.8 Å². The van der Waals surface area contributed by atoms with E-state index in [2.05, 4.69) is 18.7 Å². The van der Waals surface area contributed by atoms with E-state index in [0.29, 0.717) is 30.9 Å². The maximum atomic E-state index is 14.3. The molecule has 28 heavy (non-hydrogen) atoms. The van der Waals surface area contributed by atoms with E-state index >= 15 is 0 Å². The number of rotatable bonds is 6. The number of carbonyl (C=O) groups is 2. The van der Waals surface area contributed by atoms with Crippen LogP contribution in [0.15, 0.2) is 18.2 Å². The Morgan fingerprint density at radius 3 is 2.18 bits per heavy atom. The van der Waals surface area contributed by atoms with Crippen LogP contribution in [-0.2, 0) is 4.79 Å². The van der Waals surface area contributed by atoms with Crippen molar-refractivity contribution in [3.63, 3.8) is 0 Å². The number of fused-ring (bicyclic) bond motifs is 3. The standard InChI is InChI=1S/C21H31FN4O2/c1-5-24(6-2)14-20(27)25-12-17-9-8-16(25)13-26(17)21(28)15-7-10-19(23(3)4)18(22)11-15/h7,10-11,16-17H,5-6,8-9,12-14H2,1-4H3. The summed E-state index contributed by atoms with van der Waals surface area (Å²) in [4.78, 5) is 33.3. The van der Waals surface area contributed by atoms with Crippen molar-refractivity contribution in [1.82, 2.24) is 14.7 Å². The van der Waals surface area contributed by atoms with Gasteiger partial charge in [0.2, 0.25) is 5.91 Å². The summed E-state index contributed by atoms with van der Waals surface area (Å²) in [6, 6.07) is 4.72. The molecular formula is C21H31FN4O2. The summed E-state index contributed by atoms with van der Waals surface area (Å²) in [5.74, 6) is -0.393. The van der Waals surface area contributed by atoms with Gasteiger partial charge in [0.1, 0.15) is 5.82 Å². The van der Waals surface area contributed by atoms with Gasteiger partial charge in [-0.05, 0) is 44.1 Å². The number of nitrogens with zero attached hydrogens (tertiary/aromatic N) is 4. The third kappa shape index (κ3) is 3.99. The van der Waals surface area contributed by atoms with Crippen molar-refractivity contribution in [3.05, 3.63) is 29.6 Å². The molecule has 0 radical (unpaired) electrons. The number of carbonyl (C=O) groups excluding carboxylic acids is 2. The molecule has 6 nitrogen and oxygen atoms in total. The van der Waals surface area contributed by atoms with Crippen molar-refractivity contribution < 1.29 is 14.0 Å². The summed E-state index contributed by atoms with van der Waals surface area (Å²) in [6.07, 6.45) is 1.82. The van der Waals surface area contributed by atoms with Gasteiger partial charge < -0.3 is 14.7 Å². The highest BCUT2D eigenvalue weighted by atomic mass is 19.1. The lowest BCUT2D eigenvalue weighted by Crippen LogP contribution is -2.65. The highest BCUT2D eigenvalue weighted by Gasteiger charge is 2.43. The van der Waals surface area contributed by atoms with Crippen LogP contribution in [0.4, 0.5) is 10.1 Å². The van der Waals surface area contributed by atoms with Crippen molar-refractivity contribution >= 4 is 17.5 Å². The average Bonchev–Trinajstić information content (AvgIpc) is 2.71. The van der Waals surface area contributed by atoms with Crippen LogP contribution in [0.3, 0.4) is 0 Å². The summed E-state index contributed by atoms with van der Waals surface area (Å²) in [7, 11) is 3.54. The number of halogens is 1. The van der Waals surface area contributed by atoms with Gasteiger partial charge in [0.15, 0.2) is 0 Å². The minimum absolute atomic E-state index is 0.00902. The maximum Gasteiger partial charge on any atom is 0.254 e. The van der Waals surface area contributed by atoms with E-state index in [1.165, 1.54) is 6.07 Å². The molecule has 0 spiro atoms. The van der Waals surface area contributed by atoms with Gasteiger partial charge in [-0.15, -0.1) is 0 Å². The predicted molar refractivity (Wildman–Crippen MR) is 108 cm³/mol. The van der Waals surface area contributed by atoms with Crippen LogP contribution in [0.2, 0.25) is 0 Å². The zero-order chi connectivity index (χ0) is 20.4. The fourth-order valence-corrected chi connectivity index (χ4v) is 4.28. The van der Waals surface area contributed by atoms with Crippen molar-refractivity contribution in [1.29, 1.82) is 0 Å². The van der Waals surface area contributed by atoms with E-state index in [-0.39, 0.29) is 23.9 Å². The zero-order valence-corrected chi connectivity index (χ0v) is 17.3. The fraction of sp³-hybridized carbons (Fsp3) is 0.619. The minimum atomic E-state index is -0.394. The van der Waals surface area contributed by atoms with Crippen LogP contribution >= 0.6 is 0 Å². The SMILES string of the molecule is CCN(CC)CC(=O)N1CC2CCC1CN2C(=O)c1ccc(N(C)C)c(F)c1. The predicted octanol–water partition coefficient (Wildman–Crippen LogP) is 2.05. The number of benzene rings is 1. The van der Waals surface area contributed by atoms with Crippen molar-refractivity contribution in [3.8, 4) is 0 Å². The molecular weight excluding hydrogens is 359 g/mol. The number of anilines is 1. The molecule has 7 heteroatoms. The van der Waals surface area contributed by atoms with Gasteiger partial charge in [0, 0.05) is 44.8 Å². The first kappa shape index (κ1) is 20.6. The largest absolute Gasteiger partial charge is 0.375 e. The number of piperazine rings is 1. The molecule has 0 aliphatic carbocycles. The lowest BCUT2D eigenvalue weighted by molar-refractivity contribution is -0.141. The number of amides is 2. The van der Waals surface area contributed by atoms with Crippen molar-refractivity contribution in [2.75, 3.05) is 51.7 Å². The number of hydrogen-bond acceptors (Lipinski definition) is 4. The summed E-state index contributed by atoms with van der Waals surface area (Å²) in [5, 5.41) is 0. The van der Waals surface area contributed by atoms with Gasteiger partial charge >= 0.3 is 0 Å². The molecule has 1 aromatic rings. The van der Waals surface area contributed by atoms with E-state index in [1.807, 2.05) is 9.80 Å². The Labute approximate surface area is 166 Å². The molecule has 3 heterocycles. The molecule has 2 unspecified atom stereocenters. The molecule has 3 saturated heterocycles. The third-order valence-electron chi connectivity index (χ3n) is 6.04. The molecule has 154 valence electrons. The first-order chi connectivity index (χ1) is 13.3. The number of likely N-dealkylation sites (N-methyl/N-ethyl adjacent to an activating group) is 1. The van der Waals surface area contributed by atoms with Gasteiger partial charge in [-0.2, -0.15) is 0 Å². The van der Waals surface area contributed by atoms with Gasteiger partial charge in [0.25, 0.3) is 5.91 Å². The van der Waals surface area contributed by atoms with E-state index in [9.17, 15) is 14.0 Å². The van der Waals surface area contributed by atoms with Crippen LogP contribution in [0, 0.1) is 5.82 Å². The molecule has 3 aliphatic heterocycles. The lowest BCUT2D eigenvalue weighted by Gasteiger charge is -2.51. The van der Waals surface area contributed by atoms with E-state index < -0.39 is 5.82 Å². The Morgan fingerprint density at radius 1 is 1.07 bits per heavy atom. The monoisotopic (exact) mass is 390 g/mol. The fourth-order valence-electron chi connectivity index (χ4n) is 4.28. The Bertz CT molecular complexity index is 735.